The van der Waals surface area contributed by atoms with E-state index in [4.69, 9.17) is 5.73 Å². The Balaban J connectivity index is 2.11. The van der Waals surface area contributed by atoms with Crippen molar-refractivity contribution in [2.45, 2.75) is 46.1 Å². The van der Waals surface area contributed by atoms with Crippen molar-refractivity contribution >= 4 is 17.0 Å². The van der Waals surface area contributed by atoms with E-state index in [0.29, 0.717) is 29.0 Å². The van der Waals surface area contributed by atoms with E-state index >= 15 is 0 Å². The minimum atomic E-state index is -0.215. The first-order chi connectivity index (χ1) is 9.47. The third-order valence-corrected chi connectivity index (χ3v) is 4.72. The van der Waals surface area contributed by atoms with Gasteiger partial charge < -0.3 is 10.3 Å². The van der Waals surface area contributed by atoms with Crippen LogP contribution in [0.3, 0.4) is 0 Å². The molecule has 1 aromatic carbocycles. The summed E-state index contributed by atoms with van der Waals surface area (Å²) in [6.07, 6.45) is 3.55. The van der Waals surface area contributed by atoms with E-state index in [-0.39, 0.29) is 5.82 Å². The Kier molecular flexibility index (Phi) is 3.19. The first kappa shape index (κ1) is 13.4. The van der Waals surface area contributed by atoms with Crippen molar-refractivity contribution in [2.75, 3.05) is 5.73 Å². The highest BCUT2D eigenvalue weighted by atomic mass is 19.1. The highest BCUT2D eigenvalue weighted by Crippen LogP contribution is 2.39. The Morgan fingerprint density at radius 3 is 2.75 bits per heavy atom. The van der Waals surface area contributed by atoms with E-state index in [0.717, 1.165) is 17.9 Å². The van der Waals surface area contributed by atoms with Crippen molar-refractivity contribution in [3.8, 4) is 0 Å². The van der Waals surface area contributed by atoms with Gasteiger partial charge in [0.15, 0.2) is 0 Å². The summed E-state index contributed by atoms with van der Waals surface area (Å²) in [6, 6.07) is 3.74. The summed E-state index contributed by atoms with van der Waals surface area (Å²) in [4.78, 5) is 4.34. The molecular weight excluding hydrogens is 253 g/mol. The Bertz CT molecular complexity index is 647. The third-order valence-electron chi connectivity index (χ3n) is 4.72. The molecular formula is C16H22FN3. The molecule has 3 atom stereocenters. The summed E-state index contributed by atoms with van der Waals surface area (Å²) in [6.45, 7) is 6.37. The molecule has 1 aromatic heterocycles. The Morgan fingerprint density at radius 1 is 1.30 bits per heavy atom. The second-order valence-electron chi connectivity index (χ2n) is 6.39. The van der Waals surface area contributed by atoms with Gasteiger partial charge >= 0.3 is 0 Å². The van der Waals surface area contributed by atoms with Crippen molar-refractivity contribution in [1.82, 2.24) is 9.55 Å². The highest BCUT2D eigenvalue weighted by Gasteiger charge is 2.29. The van der Waals surface area contributed by atoms with Crippen molar-refractivity contribution < 1.29 is 4.39 Å². The maximum absolute atomic E-state index is 13.7. The summed E-state index contributed by atoms with van der Waals surface area (Å²) < 4.78 is 15.8. The number of hydrogen-bond donors (Lipinski definition) is 1. The topological polar surface area (TPSA) is 43.8 Å². The van der Waals surface area contributed by atoms with Gasteiger partial charge in [-0.25, -0.2) is 9.37 Å². The molecule has 0 spiro atoms. The van der Waals surface area contributed by atoms with Gasteiger partial charge in [-0.3, -0.25) is 0 Å². The SMILES string of the molecule is Cc1cc2c(cc1F)nc(N)n2C1CCC(C)CC1C. The zero-order chi connectivity index (χ0) is 14.4. The van der Waals surface area contributed by atoms with Gasteiger partial charge in [0.2, 0.25) is 5.95 Å². The molecule has 1 aliphatic rings. The molecule has 20 heavy (non-hydrogen) atoms. The lowest BCUT2D eigenvalue weighted by Crippen LogP contribution is -2.25. The molecule has 3 nitrogen and oxygen atoms in total. The first-order valence-electron chi connectivity index (χ1n) is 7.41. The quantitative estimate of drug-likeness (QED) is 0.852. The molecule has 1 saturated carbocycles. The van der Waals surface area contributed by atoms with Crippen LogP contribution < -0.4 is 5.73 Å². The van der Waals surface area contributed by atoms with Crippen LogP contribution in [0.4, 0.5) is 10.3 Å². The van der Waals surface area contributed by atoms with E-state index < -0.39 is 0 Å². The molecule has 1 fully saturated rings. The average molecular weight is 275 g/mol. The predicted octanol–water partition coefficient (Wildman–Crippen LogP) is 4.06. The molecule has 3 unspecified atom stereocenters. The lowest BCUT2D eigenvalue weighted by atomic mass is 9.79. The second kappa shape index (κ2) is 4.76. The molecule has 0 amide bonds. The number of hydrogen-bond acceptors (Lipinski definition) is 2. The van der Waals surface area contributed by atoms with Crippen LogP contribution in [0.15, 0.2) is 12.1 Å². The van der Waals surface area contributed by atoms with E-state index in [9.17, 15) is 4.39 Å². The number of fused-ring (bicyclic) bond motifs is 1. The van der Waals surface area contributed by atoms with Crippen molar-refractivity contribution in [1.29, 1.82) is 0 Å². The molecule has 0 radical (unpaired) electrons. The predicted molar refractivity (Wildman–Crippen MR) is 80.1 cm³/mol. The van der Waals surface area contributed by atoms with E-state index in [2.05, 4.69) is 23.4 Å². The van der Waals surface area contributed by atoms with Crippen LogP contribution >= 0.6 is 0 Å². The number of aromatic nitrogens is 2. The van der Waals surface area contributed by atoms with Crippen molar-refractivity contribution in [2.24, 2.45) is 11.8 Å². The zero-order valence-corrected chi connectivity index (χ0v) is 12.4. The summed E-state index contributed by atoms with van der Waals surface area (Å²) in [5.74, 6) is 1.64. The fourth-order valence-electron chi connectivity index (χ4n) is 3.62. The lowest BCUT2D eigenvalue weighted by molar-refractivity contribution is 0.213. The molecule has 0 aliphatic heterocycles. The second-order valence-corrected chi connectivity index (χ2v) is 6.39. The normalized spacial score (nSPS) is 27.1. The van der Waals surface area contributed by atoms with Crippen molar-refractivity contribution in [3.63, 3.8) is 0 Å². The average Bonchev–Trinajstić information content (AvgIpc) is 2.66. The molecule has 1 aliphatic carbocycles. The molecule has 0 saturated heterocycles. The van der Waals surface area contributed by atoms with E-state index in [1.807, 2.05) is 6.07 Å². The number of nitrogen functional groups attached to an aromatic ring is 1. The number of aryl methyl sites for hydroxylation is 1. The van der Waals surface area contributed by atoms with Crippen LogP contribution in [-0.4, -0.2) is 9.55 Å². The van der Waals surface area contributed by atoms with Gasteiger partial charge in [0, 0.05) is 12.1 Å². The fourth-order valence-corrected chi connectivity index (χ4v) is 3.62. The first-order valence-corrected chi connectivity index (χ1v) is 7.41. The smallest absolute Gasteiger partial charge is 0.201 e. The van der Waals surface area contributed by atoms with Gasteiger partial charge in [-0.05, 0) is 49.7 Å². The maximum Gasteiger partial charge on any atom is 0.201 e. The van der Waals surface area contributed by atoms with Crippen LogP contribution in [0.25, 0.3) is 11.0 Å². The molecule has 2 aromatic rings. The van der Waals surface area contributed by atoms with Crippen LogP contribution in [0, 0.1) is 24.6 Å². The minimum Gasteiger partial charge on any atom is -0.369 e. The maximum atomic E-state index is 13.7. The number of nitrogens with two attached hydrogens (primary N) is 1. The van der Waals surface area contributed by atoms with Crippen LogP contribution in [0.5, 0.6) is 0 Å². The molecule has 3 rings (SSSR count). The largest absolute Gasteiger partial charge is 0.369 e. The summed E-state index contributed by atoms with van der Waals surface area (Å²) in [7, 11) is 0. The minimum absolute atomic E-state index is 0.215. The third kappa shape index (κ3) is 2.07. The summed E-state index contributed by atoms with van der Waals surface area (Å²) in [5, 5.41) is 0. The molecule has 4 heteroatoms. The molecule has 0 bridgehead atoms. The van der Waals surface area contributed by atoms with Crippen LogP contribution in [-0.2, 0) is 0 Å². The van der Waals surface area contributed by atoms with Crippen molar-refractivity contribution in [3.05, 3.63) is 23.5 Å². The number of nitrogens with zero attached hydrogens (tertiary/aromatic N) is 2. The molecule has 1 heterocycles. The van der Waals surface area contributed by atoms with Gasteiger partial charge in [0.25, 0.3) is 0 Å². The van der Waals surface area contributed by atoms with Gasteiger partial charge in [-0.1, -0.05) is 13.8 Å². The highest BCUT2D eigenvalue weighted by molar-refractivity contribution is 5.79. The molecule has 2 N–H and O–H groups in total. The number of anilines is 1. The number of rotatable bonds is 1. The van der Waals surface area contributed by atoms with E-state index in [1.54, 1.807) is 6.92 Å². The van der Waals surface area contributed by atoms with Gasteiger partial charge in [0.1, 0.15) is 5.82 Å². The summed E-state index contributed by atoms with van der Waals surface area (Å²) >= 11 is 0. The van der Waals surface area contributed by atoms with E-state index in [1.165, 1.54) is 18.9 Å². The fraction of sp³-hybridized carbons (Fsp3) is 0.562. The number of benzene rings is 1. The summed E-state index contributed by atoms with van der Waals surface area (Å²) in [5.41, 5.74) is 8.39. The Hall–Kier alpha value is -1.58. The van der Waals surface area contributed by atoms with Gasteiger partial charge in [-0.15, -0.1) is 0 Å². The Labute approximate surface area is 119 Å². The van der Waals surface area contributed by atoms with Gasteiger partial charge in [-0.2, -0.15) is 0 Å². The van der Waals surface area contributed by atoms with Gasteiger partial charge in [0.05, 0.1) is 11.0 Å². The Morgan fingerprint density at radius 2 is 2.05 bits per heavy atom. The number of halogens is 1. The lowest BCUT2D eigenvalue weighted by Gasteiger charge is -2.34. The monoisotopic (exact) mass is 275 g/mol. The zero-order valence-electron chi connectivity index (χ0n) is 12.4. The van der Waals surface area contributed by atoms with Crippen LogP contribution in [0.2, 0.25) is 0 Å². The standard InChI is InChI=1S/C16H22FN3/c1-9-4-5-14(11(3)6-9)20-15-7-10(2)12(17)8-13(15)19-16(20)18/h7-9,11,14H,4-6H2,1-3H3,(H2,18,19). The van der Waals surface area contributed by atoms with Crippen LogP contribution in [0.1, 0.15) is 44.7 Å². The number of imidazole rings is 1. The molecule has 108 valence electrons.